The Bertz CT molecular complexity index is 840. The first-order chi connectivity index (χ1) is 10.5. The molecule has 0 spiro atoms. The quantitative estimate of drug-likeness (QED) is 0.766. The number of hydrogen-bond donors (Lipinski definition) is 1. The lowest BCUT2D eigenvalue weighted by atomic mass is 10.2. The lowest BCUT2D eigenvalue weighted by molar-refractivity contribution is -0.119. The zero-order valence-corrected chi connectivity index (χ0v) is 11.5. The largest absolute Gasteiger partial charge is 0.508 e. The Labute approximate surface area is 126 Å². The van der Waals surface area contributed by atoms with Crippen LogP contribution >= 0.6 is 0 Å². The van der Waals surface area contributed by atoms with E-state index < -0.39 is 17.3 Å². The maximum Gasteiger partial charge on any atom is 0.318 e. The molecule has 1 fully saturated rings. The second kappa shape index (κ2) is 5.21. The molecule has 1 saturated heterocycles. The van der Waals surface area contributed by atoms with Gasteiger partial charge in [0.15, 0.2) is 0 Å². The number of phenolic OH excluding ortho intramolecular Hbond substituents is 1. The van der Waals surface area contributed by atoms with Crippen molar-refractivity contribution in [3.63, 3.8) is 0 Å². The third-order valence-corrected chi connectivity index (χ3v) is 3.72. The van der Waals surface area contributed by atoms with Crippen molar-refractivity contribution >= 4 is 19.6 Å². The molecular weight excluding hydrogens is 285 g/mol. The van der Waals surface area contributed by atoms with Crippen molar-refractivity contribution in [3.05, 3.63) is 57.4 Å². The Kier molecular flexibility index (Phi) is 3.36. The molecule has 0 saturated carbocycles. The molecule has 2 heterocycles. The first kappa shape index (κ1) is 14.2. The molecule has 1 amide bonds. The van der Waals surface area contributed by atoms with Crippen LogP contribution in [0, 0.1) is 0 Å². The average Bonchev–Trinajstić information content (AvgIpc) is 2.88. The van der Waals surface area contributed by atoms with Crippen LogP contribution in [0.25, 0.3) is 0 Å². The molecule has 1 unspecified atom stereocenters. The Morgan fingerprint density at radius 1 is 1.09 bits per heavy atom. The lowest BCUT2D eigenvalue weighted by Gasteiger charge is -2.18. The van der Waals surface area contributed by atoms with E-state index >= 15 is 0 Å². The number of aromatic nitrogens is 2. The van der Waals surface area contributed by atoms with Crippen molar-refractivity contribution in [2.24, 2.45) is 0 Å². The number of aromatic hydroxyl groups is 1. The van der Waals surface area contributed by atoms with Crippen molar-refractivity contribution in [2.75, 3.05) is 11.4 Å². The van der Waals surface area contributed by atoms with Gasteiger partial charge < -0.3 is 14.5 Å². The van der Waals surface area contributed by atoms with Gasteiger partial charge in [0.1, 0.15) is 11.8 Å². The summed E-state index contributed by atoms with van der Waals surface area (Å²) in [5.74, 6) is -0.148. The van der Waals surface area contributed by atoms with Gasteiger partial charge in [-0.15, -0.1) is 0 Å². The minimum atomic E-state index is -0.724. The van der Waals surface area contributed by atoms with Gasteiger partial charge in [-0.3, -0.25) is 14.2 Å². The molecule has 1 aliphatic heterocycles. The van der Waals surface area contributed by atoms with E-state index in [1.54, 1.807) is 12.1 Å². The molecular formula is C14H12BN3O4. The topological polar surface area (TPSA) is 84.5 Å². The van der Waals surface area contributed by atoms with E-state index in [1.807, 2.05) is 0 Å². The summed E-state index contributed by atoms with van der Waals surface area (Å²) in [6.45, 7) is 0.435. The number of rotatable bonds is 2. The smallest absolute Gasteiger partial charge is 0.318 e. The normalized spacial score (nSPS) is 17.9. The molecule has 7 nitrogen and oxygen atoms in total. The van der Waals surface area contributed by atoms with Crippen LogP contribution < -0.4 is 16.1 Å². The number of nitrogens with zero attached hydrogens (tertiary/aromatic N) is 3. The number of anilines is 1. The van der Waals surface area contributed by atoms with Crippen LogP contribution in [0.15, 0.2) is 46.1 Å². The van der Waals surface area contributed by atoms with Gasteiger partial charge in [-0.25, -0.2) is 4.79 Å². The Morgan fingerprint density at radius 2 is 1.77 bits per heavy atom. The fourth-order valence-electron chi connectivity index (χ4n) is 2.56. The molecule has 2 aromatic rings. The van der Waals surface area contributed by atoms with Crippen molar-refractivity contribution in [1.82, 2.24) is 9.05 Å². The SMILES string of the molecule is [B]n1c(=O)ccn(C2CCN(c3ccc(O)cc3)C2=O)c1=O. The molecule has 1 N–H and O–H groups in total. The third-order valence-electron chi connectivity index (χ3n) is 3.72. The van der Waals surface area contributed by atoms with Gasteiger partial charge in [0, 0.05) is 24.5 Å². The standard InChI is InChI=1S/C14H12BN3O4/c15-18-12(20)6-8-17(14(18)22)11-5-7-16(13(11)21)9-1-3-10(19)4-2-9/h1-4,6,8,11,19H,5,7H2. The van der Waals surface area contributed by atoms with Crippen LogP contribution in [0.2, 0.25) is 0 Å². The summed E-state index contributed by atoms with van der Waals surface area (Å²) in [6.07, 6.45) is 1.72. The molecule has 3 rings (SSSR count). The van der Waals surface area contributed by atoms with E-state index in [1.165, 1.54) is 27.8 Å². The second-order valence-corrected chi connectivity index (χ2v) is 5.02. The van der Waals surface area contributed by atoms with Gasteiger partial charge in [0.2, 0.25) is 19.4 Å². The number of phenols is 1. The van der Waals surface area contributed by atoms with Crippen molar-refractivity contribution in [3.8, 4) is 5.75 Å². The van der Waals surface area contributed by atoms with Crippen molar-refractivity contribution in [1.29, 1.82) is 0 Å². The van der Waals surface area contributed by atoms with E-state index in [2.05, 4.69) is 0 Å². The monoisotopic (exact) mass is 297 g/mol. The molecule has 22 heavy (non-hydrogen) atoms. The summed E-state index contributed by atoms with van der Waals surface area (Å²) in [6, 6.07) is 6.68. The fourth-order valence-corrected chi connectivity index (χ4v) is 2.56. The van der Waals surface area contributed by atoms with Crippen LogP contribution in [0.5, 0.6) is 5.75 Å². The van der Waals surface area contributed by atoms with E-state index in [0.717, 1.165) is 6.07 Å². The molecule has 8 heteroatoms. The summed E-state index contributed by atoms with van der Waals surface area (Å²) in [5.41, 5.74) is -0.708. The predicted molar refractivity (Wildman–Crippen MR) is 80.2 cm³/mol. The number of amides is 1. The second-order valence-electron chi connectivity index (χ2n) is 5.02. The molecule has 1 aromatic heterocycles. The average molecular weight is 297 g/mol. The highest BCUT2D eigenvalue weighted by molar-refractivity contribution is 6.06. The van der Waals surface area contributed by atoms with Gasteiger partial charge in [0.05, 0.1) is 0 Å². The lowest BCUT2D eigenvalue weighted by Crippen LogP contribution is -2.41. The van der Waals surface area contributed by atoms with Crippen LogP contribution in [-0.4, -0.2) is 34.6 Å². The minimum Gasteiger partial charge on any atom is -0.508 e. The van der Waals surface area contributed by atoms with E-state index in [0.29, 0.717) is 23.1 Å². The first-order valence-electron chi connectivity index (χ1n) is 6.69. The summed E-state index contributed by atoms with van der Waals surface area (Å²) >= 11 is 0. The highest BCUT2D eigenvalue weighted by Gasteiger charge is 2.34. The summed E-state index contributed by atoms with van der Waals surface area (Å²) < 4.78 is 1.65. The Morgan fingerprint density at radius 3 is 2.45 bits per heavy atom. The van der Waals surface area contributed by atoms with Crippen LogP contribution in [-0.2, 0) is 4.79 Å². The van der Waals surface area contributed by atoms with Crippen LogP contribution in [0.1, 0.15) is 12.5 Å². The molecule has 1 aliphatic rings. The Balaban J connectivity index is 1.94. The zero-order chi connectivity index (χ0) is 15.9. The van der Waals surface area contributed by atoms with E-state index in [-0.39, 0.29) is 11.7 Å². The number of carbonyl (C=O) groups is 1. The van der Waals surface area contributed by atoms with Crippen LogP contribution in [0.3, 0.4) is 0 Å². The van der Waals surface area contributed by atoms with E-state index in [9.17, 15) is 19.5 Å². The Hall–Kier alpha value is -2.77. The zero-order valence-electron chi connectivity index (χ0n) is 11.5. The molecule has 1 atom stereocenters. The van der Waals surface area contributed by atoms with Crippen LogP contribution in [0.4, 0.5) is 5.69 Å². The van der Waals surface area contributed by atoms with Crippen molar-refractivity contribution in [2.45, 2.75) is 12.5 Å². The summed E-state index contributed by atoms with van der Waals surface area (Å²) in [7, 11) is 5.38. The number of hydrogen-bond acceptors (Lipinski definition) is 4. The molecule has 0 aliphatic carbocycles. The summed E-state index contributed by atoms with van der Waals surface area (Å²) in [5, 5.41) is 9.29. The summed E-state index contributed by atoms with van der Waals surface area (Å²) in [4.78, 5) is 37.4. The van der Waals surface area contributed by atoms with Gasteiger partial charge in [-0.1, -0.05) is 0 Å². The highest BCUT2D eigenvalue weighted by atomic mass is 16.3. The number of carbonyl (C=O) groups excluding carboxylic acids is 1. The van der Waals surface area contributed by atoms with Gasteiger partial charge in [-0.05, 0) is 30.7 Å². The fraction of sp³-hybridized carbons (Fsp3) is 0.214. The first-order valence-corrected chi connectivity index (χ1v) is 6.69. The van der Waals surface area contributed by atoms with Crippen molar-refractivity contribution < 1.29 is 9.90 Å². The van der Waals surface area contributed by atoms with Gasteiger partial charge in [0.25, 0.3) is 0 Å². The van der Waals surface area contributed by atoms with Gasteiger partial charge >= 0.3 is 5.69 Å². The third kappa shape index (κ3) is 2.22. The maximum atomic E-state index is 12.5. The highest BCUT2D eigenvalue weighted by Crippen LogP contribution is 2.28. The minimum absolute atomic E-state index is 0.110. The molecule has 1 aromatic carbocycles. The molecule has 2 radical (unpaired) electrons. The van der Waals surface area contributed by atoms with Gasteiger partial charge in [-0.2, -0.15) is 0 Å². The number of benzene rings is 1. The molecule has 110 valence electrons. The molecule has 0 bridgehead atoms. The maximum absolute atomic E-state index is 12.5. The van der Waals surface area contributed by atoms with E-state index in [4.69, 9.17) is 7.98 Å². The predicted octanol–water partition coefficient (Wildman–Crippen LogP) is -0.375.